The first-order valence-corrected chi connectivity index (χ1v) is 4.84. The summed E-state index contributed by atoms with van der Waals surface area (Å²) < 4.78 is 0. The molecule has 0 aliphatic rings. The standard InChI is InChI=1S/C11H22N2/c1-10(2,3)7-9(13-12)8-11(4,5)6/h7-8H2,1-6H3. The summed E-state index contributed by atoms with van der Waals surface area (Å²) in [4.78, 5) is 3.38. The summed E-state index contributed by atoms with van der Waals surface area (Å²) in [6.45, 7) is 12.9. The molecule has 0 N–H and O–H groups in total. The van der Waals surface area contributed by atoms with Crippen molar-refractivity contribution in [3.05, 3.63) is 5.53 Å². The van der Waals surface area contributed by atoms with E-state index < -0.39 is 0 Å². The first-order valence-electron chi connectivity index (χ1n) is 4.84. The lowest BCUT2D eigenvalue weighted by Crippen LogP contribution is -2.19. The van der Waals surface area contributed by atoms with Crippen LogP contribution in [-0.4, -0.2) is 10.5 Å². The zero-order valence-corrected chi connectivity index (χ0v) is 9.81. The molecule has 0 heterocycles. The molecule has 0 spiro atoms. The van der Waals surface area contributed by atoms with E-state index in [0.717, 1.165) is 18.6 Å². The largest absolute Gasteiger partial charge is 0.362 e. The van der Waals surface area contributed by atoms with Crippen LogP contribution in [0.2, 0.25) is 0 Å². The highest BCUT2D eigenvalue weighted by molar-refractivity contribution is 5.80. The van der Waals surface area contributed by atoms with Gasteiger partial charge in [-0.25, -0.2) is 0 Å². The van der Waals surface area contributed by atoms with Crippen LogP contribution in [0.3, 0.4) is 0 Å². The third-order valence-corrected chi connectivity index (χ3v) is 1.61. The van der Waals surface area contributed by atoms with E-state index in [2.05, 4.69) is 46.3 Å². The number of hydrogen-bond acceptors (Lipinski definition) is 0. The van der Waals surface area contributed by atoms with Gasteiger partial charge in [0.2, 0.25) is 0 Å². The van der Waals surface area contributed by atoms with Crippen molar-refractivity contribution in [1.29, 1.82) is 0 Å². The molecule has 0 aromatic rings. The van der Waals surface area contributed by atoms with E-state index in [1.54, 1.807) is 0 Å². The third-order valence-electron chi connectivity index (χ3n) is 1.61. The second kappa shape index (κ2) is 4.06. The molecule has 0 fully saturated rings. The fourth-order valence-corrected chi connectivity index (χ4v) is 1.36. The van der Waals surface area contributed by atoms with Crippen LogP contribution in [0.4, 0.5) is 0 Å². The molecule has 0 saturated heterocycles. The number of nitrogens with zero attached hydrogens (tertiary/aromatic N) is 2. The van der Waals surface area contributed by atoms with Gasteiger partial charge in [0.1, 0.15) is 0 Å². The van der Waals surface area contributed by atoms with Crippen LogP contribution in [0.1, 0.15) is 54.4 Å². The van der Waals surface area contributed by atoms with Crippen LogP contribution in [0, 0.1) is 10.8 Å². The van der Waals surface area contributed by atoms with Crippen molar-refractivity contribution in [3.8, 4) is 0 Å². The normalized spacial score (nSPS) is 12.5. The molecule has 0 rings (SSSR count). The van der Waals surface area contributed by atoms with Gasteiger partial charge in [0.25, 0.3) is 5.71 Å². The summed E-state index contributed by atoms with van der Waals surface area (Å²) in [7, 11) is 0. The molecule has 0 aromatic heterocycles. The van der Waals surface area contributed by atoms with E-state index in [4.69, 9.17) is 5.53 Å². The molecule has 0 saturated carbocycles. The van der Waals surface area contributed by atoms with Crippen molar-refractivity contribution in [2.45, 2.75) is 54.4 Å². The molecule has 0 aromatic carbocycles. The fraction of sp³-hybridized carbons (Fsp3) is 0.909. The quantitative estimate of drug-likeness (QED) is 0.356. The Morgan fingerprint density at radius 2 is 1.23 bits per heavy atom. The number of rotatable bonds is 2. The molecule has 0 unspecified atom stereocenters. The van der Waals surface area contributed by atoms with Gasteiger partial charge in [-0.1, -0.05) is 41.5 Å². The molecule has 0 aliphatic carbocycles. The van der Waals surface area contributed by atoms with Crippen LogP contribution in [0.5, 0.6) is 0 Å². The Bertz CT molecular complexity index is 191. The van der Waals surface area contributed by atoms with E-state index in [9.17, 15) is 0 Å². The second-order valence-corrected chi connectivity index (χ2v) is 6.14. The average Bonchev–Trinajstić information content (AvgIpc) is 1.79. The number of hydrogen-bond donors (Lipinski definition) is 0. The highest BCUT2D eigenvalue weighted by atomic mass is 14.9. The van der Waals surface area contributed by atoms with Gasteiger partial charge >= 0.3 is 0 Å². The predicted molar refractivity (Wildman–Crippen MR) is 56.8 cm³/mol. The summed E-state index contributed by atoms with van der Waals surface area (Å²) in [5.74, 6) is 0. The molecule has 76 valence electrons. The highest BCUT2D eigenvalue weighted by Crippen LogP contribution is 2.25. The SMILES string of the molecule is CC(C)(C)CC(CC(C)(C)C)=[N+]=[N-]. The minimum absolute atomic E-state index is 0.201. The maximum atomic E-state index is 8.84. The molecule has 0 amide bonds. The first kappa shape index (κ1) is 12.4. The minimum atomic E-state index is 0.201. The van der Waals surface area contributed by atoms with E-state index >= 15 is 0 Å². The van der Waals surface area contributed by atoms with Gasteiger partial charge in [-0.15, -0.1) is 0 Å². The molecule has 2 heteroatoms. The fourth-order valence-electron chi connectivity index (χ4n) is 1.36. The Hall–Kier alpha value is -0.620. The second-order valence-electron chi connectivity index (χ2n) is 6.14. The molecule has 0 aliphatic heterocycles. The summed E-state index contributed by atoms with van der Waals surface area (Å²) in [6, 6.07) is 0. The zero-order chi connectivity index (χ0) is 10.7. The molecular weight excluding hydrogens is 160 g/mol. The van der Waals surface area contributed by atoms with Crippen LogP contribution < -0.4 is 0 Å². The van der Waals surface area contributed by atoms with Crippen LogP contribution in [-0.2, 0) is 0 Å². The first-order chi connectivity index (χ1) is 5.64. The van der Waals surface area contributed by atoms with Crippen LogP contribution in [0.15, 0.2) is 0 Å². The van der Waals surface area contributed by atoms with Gasteiger partial charge in [0, 0.05) is 12.8 Å². The van der Waals surface area contributed by atoms with Crippen molar-refractivity contribution in [2.24, 2.45) is 10.8 Å². The molecule has 0 atom stereocenters. The van der Waals surface area contributed by atoms with Crippen molar-refractivity contribution in [2.75, 3.05) is 0 Å². The topological polar surface area (TPSA) is 36.4 Å². The molecule has 2 nitrogen and oxygen atoms in total. The van der Waals surface area contributed by atoms with Gasteiger partial charge in [-0.05, 0) is 10.8 Å². The van der Waals surface area contributed by atoms with E-state index in [1.807, 2.05) is 0 Å². The van der Waals surface area contributed by atoms with Gasteiger partial charge in [0.05, 0.1) is 0 Å². The molecule has 0 bridgehead atoms. The van der Waals surface area contributed by atoms with E-state index in [0.29, 0.717) is 0 Å². The zero-order valence-electron chi connectivity index (χ0n) is 9.81. The smallest absolute Gasteiger partial charge is 0.269 e. The van der Waals surface area contributed by atoms with Crippen LogP contribution >= 0.6 is 0 Å². The Kier molecular flexibility index (Phi) is 3.87. The van der Waals surface area contributed by atoms with Gasteiger partial charge in [-0.3, -0.25) is 0 Å². The monoisotopic (exact) mass is 182 g/mol. The highest BCUT2D eigenvalue weighted by Gasteiger charge is 2.25. The van der Waals surface area contributed by atoms with Gasteiger partial charge in [-0.2, -0.15) is 4.79 Å². The maximum absolute atomic E-state index is 8.84. The van der Waals surface area contributed by atoms with E-state index in [1.165, 1.54) is 0 Å². The van der Waals surface area contributed by atoms with Crippen molar-refractivity contribution < 1.29 is 4.79 Å². The van der Waals surface area contributed by atoms with Crippen LogP contribution in [0.25, 0.3) is 5.53 Å². The summed E-state index contributed by atoms with van der Waals surface area (Å²) in [5.41, 5.74) is 10.1. The lowest BCUT2D eigenvalue weighted by molar-refractivity contribution is -0.0166. The molecule has 13 heavy (non-hydrogen) atoms. The van der Waals surface area contributed by atoms with Gasteiger partial charge in [0.15, 0.2) is 0 Å². The summed E-state index contributed by atoms with van der Waals surface area (Å²) in [5, 5.41) is 0. The third kappa shape index (κ3) is 7.73. The summed E-state index contributed by atoms with van der Waals surface area (Å²) >= 11 is 0. The lowest BCUT2D eigenvalue weighted by atomic mass is 9.82. The minimum Gasteiger partial charge on any atom is -0.362 e. The Labute approximate surface area is 82.0 Å². The molecule has 0 radical (unpaired) electrons. The maximum Gasteiger partial charge on any atom is 0.269 e. The predicted octanol–water partition coefficient (Wildman–Crippen LogP) is 3.53. The van der Waals surface area contributed by atoms with Gasteiger partial charge < -0.3 is 5.53 Å². The Balaban J connectivity index is 4.33. The Morgan fingerprint density at radius 3 is 1.38 bits per heavy atom. The van der Waals surface area contributed by atoms with Crippen molar-refractivity contribution in [1.82, 2.24) is 0 Å². The van der Waals surface area contributed by atoms with Crippen molar-refractivity contribution in [3.63, 3.8) is 0 Å². The lowest BCUT2D eigenvalue weighted by Gasteiger charge is -2.19. The Morgan fingerprint density at radius 1 is 0.923 bits per heavy atom. The summed E-state index contributed by atoms with van der Waals surface area (Å²) in [6.07, 6.45) is 1.72. The molecular formula is C11H22N2. The average molecular weight is 182 g/mol. The van der Waals surface area contributed by atoms with Crippen molar-refractivity contribution >= 4 is 5.71 Å². The van der Waals surface area contributed by atoms with E-state index in [-0.39, 0.29) is 10.8 Å².